The molecule has 0 amide bonds. The van der Waals surface area contributed by atoms with E-state index in [0.717, 1.165) is 32.3 Å². The molecule has 0 N–H and O–H groups in total. The maximum atomic E-state index is 6.98. The molecule has 47 heavy (non-hydrogen) atoms. The second-order valence-electron chi connectivity index (χ2n) is 11.8. The maximum absolute atomic E-state index is 6.98. The third-order valence-electron chi connectivity index (χ3n) is 8.33. The Morgan fingerprint density at radius 3 is 1.30 bits per heavy atom. The molecule has 0 unspecified atom stereocenters. The molecule has 5 aromatic carbocycles. The fourth-order valence-corrected chi connectivity index (χ4v) is 6.17. The van der Waals surface area contributed by atoms with Gasteiger partial charge in [-0.3, -0.25) is 0 Å². The molecule has 1 saturated heterocycles. The van der Waals surface area contributed by atoms with E-state index >= 15 is 0 Å². The van der Waals surface area contributed by atoms with Gasteiger partial charge >= 0.3 is 0 Å². The molecule has 6 rings (SSSR count). The average molecular weight is 694 g/mol. The summed E-state index contributed by atoms with van der Waals surface area (Å²) >= 11 is 3.58. The van der Waals surface area contributed by atoms with Gasteiger partial charge in [-0.2, -0.15) is 0 Å². The van der Waals surface area contributed by atoms with Crippen molar-refractivity contribution in [3.63, 3.8) is 0 Å². The van der Waals surface area contributed by atoms with E-state index in [4.69, 9.17) is 23.7 Å². The van der Waals surface area contributed by atoms with Crippen LogP contribution in [0.1, 0.15) is 27.8 Å². The van der Waals surface area contributed by atoms with E-state index in [2.05, 4.69) is 88.7 Å². The minimum atomic E-state index is -0.448. The molecule has 0 saturated carbocycles. The predicted molar refractivity (Wildman–Crippen MR) is 188 cm³/mol. The van der Waals surface area contributed by atoms with Crippen molar-refractivity contribution in [1.82, 2.24) is 0 Å². The molecule has 0 aliphatic carbocycles. The van der Waals surface area contributed by atoms with Gasteiger partial charge in [-0.15, -0.1) is 0 Å². The van der Waals surface area contributed by atoms with E-state index in [-0.39, 0.29) is 12.2 Å². The van der Waals surface area contributed by atoms with Crippen LogP contribution in [0.2, 0.25) is 0 Å². The Labute approximate surface area is 286 Å². The molecule has 1 fully saturated rings. The Hall–Kier alpha value is -3.62. The number of halogens is 1. The van der Waals surface area contributed by atoms with E-state index in [1.165, 1.54) is 0 Å². The SMILES string of the molecule is Brc1ccc(C[C@@H]2O[C@H](COCc3ccccc3)[C@@H](OCc3ccccc3)[C@H](OCc3ccccc3)[C@H]2OCc2ccccc2)cc1. The van der Waals surface area contributed by atoms with Crippen LogP contribution in [0.15, 0.2) is 150 Å². The summed E-state index contributed by atoms with van der Waals surface area (Å²) in [5.74, 6) is 0. The molecule has 1 aliphatic heterocycles. The van der Waals surface area contributed by atoms with Gasteiger partial charge in [0.2, 0.25) is 0 Å². The van der Waals surface area contributed by atoms with Crippen molar-refractivity contribution in [2.75, 3.05) is 6.61 Å². The van der Waals surface area contributed by atoms with Gasteiger partial charge in [0, 0.05) is 10.9 Å². The van der Waals surface area contributed by atoms with Gasteiger partial charge in [0.15, 0.2) is 0 Å². The van der Waals surface area contributed by atoms with Crippen molar-refractivity contribution in [3.05, 3.63) is 178 Å². The van der Waals surface area contributed by atoms with Crippen LogP contribution < -0.4 is 0 Å². The molecule has 5 aromatic rings. The molecule has 5 atom stereocenters. The second kappa shape index (κ2) is 17.5. The largest absolute Gasteiger partial charge is 0.374 e. The van der Waals surface area contributed by atoms with Crippen LogP contribution in [-0.2, 0) is 56.5 Å². The lowest BCUT2D eigenvalue weighted by Crippen LogP contribution is -2.61. The normalized spacial score (nSPS) is 21.0. The van der Waals surface area contributed by atoms with Crippen LogP contribution in [0.25, 0.3) is 0 Å². The summed E-state index contributed by atoms with van der Waals surface area (Å²) < 4.78 is 34.8. The molecular formula is C41H41BrO5. The number of rotatable bonds is 15. The maximum Gasteiger partial charge on any atom is 0.115 e. The zero-order chi connectivity index (χ0) is 32.1. The van der Waals surface area contributed by atoms with Gasteiger partial charge in [0.05, 0.1) is 39.1 Å². The van der Waals surface area contributed by atoms with Crippen molar-refractivity contribution < 1.29 is 23.7 Å². The van der Waals surface area contributed by atoms with Crippen LogP contribution in [0.4, 0.5) is 0 Å². The predicted octanol–water partition coefficient (Wildman–Crippen LogP) is 8.73. The standard InChI is InChI=1S/C41H41BrO5/c42-36-23-21-31(22-24-36)25-37-39(44-27-33-15-7-2-8-16-33)41(46-29-35-19-11-4-12-20-35)40(45-28-34-17-9-3-10-18-34)38(47-37)30-43-26-32-13-5-1-6-14-32/h1-24,37-41H,25-30H2/t37-,38+,39-,40+,41+/m0/s1. The van der Waals surface area contributed by atoms with E-state index in [1.807, 2.05) is 72.8 Å². The number of hydrogen-bond acceptors (Lipinski definition) is 5. The molecule has 5 nitrogen and oxygen atoms in total. The molecule has 242 valence electrons. The lowest BCUT2D eigenvalue weighted by molar-refractivity contribution is -0.272. The molecule has 0 bridgehead atoms. The molecular weight excluding hydrogens is 652 g/mol. The molecule has 1 aliphatic rings. The van der Waals surface area contributed by atoms with E-state index < -0.39 is 18.3 Å². The Kier molecular flexibility index (Phi) is 12.4. The summed E-state index contributed by atoms with van der Waals surface area (Å²) in [6.45, 7) is 2.09. The first-order valence-electron chi connectivity index (χ1n) is 16.2. The first-order chi connectivity index (χ1) is 23.2. The Bertz CT molecular complexity index is 1590. The topological polar surface area (TPSA) is 46.2 Å². The average Bonchev–Trinajstić information content (AvgIpc) is 3.12. The highest BCUT2D eigenvalue weighted by Crippen LogP contribution is 2.33. The monoisotopic (exact) mass is 692 g/mol. The summed E-state index contributed by atoms with van der Waals surface area (Å²) in [6, 6.07) is 49.3. The smallest absolute Gasteiger partial charge is 0.115 e. The van der Waals surface area contributed by atoms with Gasteiger partial charge in [-0.25, -0.2) is 0 Å². The van der Waals surface area contributed by atoms with Crippen molar-refractivity contribution in [2.24, 2.45) is 0 Å². The highest BCUT2D eigenvalue weighted by molar-refractivity contribution is 9.10. The van der Waals surface area contributed by atoms with Gasteiger partial charge in [0.1, 0.15) is 24.4 Å². The van der Waals surface area contributed by atoms with Gasteiger partial charge in [0.25, 0.3) is 0 Å². The van der Waals surface area contributed by atoms with Crippen LogP contribution in [-0.4, -0.2) is 37.1 Å². The molecule has 0 spiro atoms. The lowest BCUT2D eigenvalue weighted by atomic mass is 9.90. The van der Waals surface area contributed by atoms with E-state index in [0.29, 0.717) is 39.5 Å². The Balaban J connectivity index is 1.31. The molecule has 6 heteroatoms. The first kappa shape index (κ1) is 33.3. The zero-order valence-electron chi connectivity index (χ0n) is 26.4. The van der Waals surface area contributed by atoms with Crippen LogP contribution in [0.5, 0.6) is 0 Å². The highest BCUT2D eigenvalue weighted by Gasteiger charge is 2.48. The van der Waals surface area contributed by atoms with Gasteiger partial charge in [-0.1, -0.05) is 149 Å². The Morgan fingerprint density at radius 2 is 0.830 bits per heavy atom. The molecule has 1 heterocycles. The van der Waals surface area contributed by atoms with Gasteiger partial charge in [-0.05, 0) is 39.9 Å². The van der Waals surface area contributed by atoms with Crippen LogP contribution in [0, 0.1) is 0 Å². The second-order valence-corrected chi connectivity index (χ2v) is 12.7. The van der Waals surface area contributed by atoms with Crippen LogP contribution >= 0.6 is 15.9 Å². The quantitative estimate of drug-likeness (QED) is 0.110. The summed E-state index contributed by atoms with van der Waals surface area (Å²) in [6.07, 6.45) is -1.33. The van der Waals surface area contributed by atoms with E-state index in [1.54, 1.807) is 0 Å². The fourth-order valence-electron chi connectivity index (χ4n) is 5.90. The lowest BCUT2D eigenvalue weighted by Gasteiger charge is -2.46. The first-order valence-corrected chi connectivity index (χ1v) is 17.0. The number of hydrogen-bond donors (Lipinski definition) is 0. The van der Waals surface area contributed by atoms with Crippen molar-refractivity contribution in [3.8, 4) is 0 Å². The minimum absolute atomic E-state index is 0.303. The summed E-state index contributed by atoms with van der Waals surface area (Å²) in [7, 11) is 0. The van der Waals surface area contributed by atoms with Crippen molar-refractivity contribution in [1.29, 1.82) is 0 Å². The van der Waals surface area contributed by atoms with Crippen molar-refractivity contribution >= 4 is 15.9 Å². The van der Waals surface area contributed by atoms with Gasteiger partial charge < -0.3 is 23.7 Å². The summed E-state index contributed by atoms with van der Waals surface area (Å²) in [5, 5.41) is 0. The summed E-state index contributed by atoms with van der Waals surface area (Å²) in [4.78, 5) is 0. The van der Waals surface area contributed by atoms with Crippen LogP contribution in [0.3, 0.4) is 0 Å². The summed E-state index contributed by atoms with van der Waals surface area (Å²) in [5.41, 5.74) is 5.52. The fraction of sp³-hybridized carbons (Fsp3) is 0.268. The molecule has 0 aromatic heterocycles. The third-order valence-corrected chi connectivity index (χ3v) is 8.86. The highest BCUT2D eigenvalue weighted by atomic mass is 79.9. The molecule has 0 radical (unpaired) electrons. The Morgan fingerprint density at radius 1 is 0.426 bits per heavy atom. The minimum Gasteiger partial charge on any atom is -0.374 e. The van der Waals surface area contributed by atoms with Crippen molar-refractivity contribution in [2.45, 2.75) is 63.4 Å². The number of benzene rings is 5. The zero-order valence-corrected chi connectivity index (χ0v) is 28.0. The third kappa shape index (κ3) is 9.94. The number of ether oxygens (including phenoxy) is 5. The van der Waals surface area contributed by atoms with E-state index in [9.17, 15) is 0 Å².